The van der Waals surface area contributed by atoms with Crippen LogP contribution in [0.4, 0.5) is 4.79 Å². The Morgan fingerprint density at radius 1 is 1.07 bits per heavy atom. The SMILES string of the molecule is CN(CC#CCN1CCCC1)C(=O)CCCNC(=O)OC(C)(C)C.O=C(O)C(=O)O. The number of carbonyl (C=O) groups is 4. The predicted molar refractivity (Wildman–Crippen MR) is 110 cm³/mol. The topological polar surface area (TPSA) is 136 Å². The van der Waals surface area contributed by atoms with E-state index in [1.54, 1.807) is 11.9 Å². The summed E-state index contributed by atoms with van der Waals surface area (Å²) in [6.07, 6.45) is 3.05. The van der Waals surface area contributed by atoms with Gasteiger partial charge in [0, 0.05) is 20.0 Å². The van der Waals surface area contributed by atoms with E-state index in [1.165, 1.54) is 12.8 Å². The van der Waals surface area contributed by atoms with Gasteiger partial charge >= 0.3 is 18.0 Å². The van der Waals surface area contributed by atoms with Crippen LogP contribution in [-0.4, -0.2) is 89.3 Å². The summed E-state index contributed by atoms with van der Waals surface area (Å²) in [5.41, 5.74) is -0.506. The number of amides is 2. The van der Waals surface area contributed by atoms with Crippen LogP contribution in [0.3, 0.4) is 0 Å². The first-order valence-electron chi connectivity index (χ1n) is 9.77. The van der Waals surface area contributed by atoms with E-state index in [-0.39, 0.29) is 5.91 Å². The molecule has 0 radical (unpaired) electrons. The van der Waals surface area contributed by atoms with E-state index in [2.05, 4.69) is 22.1 Å². The van der Waals surface area contributed by atoms with Crippen LogP contribution in [0.15, 0.2) is 0 Å². The van der Waals surface area contributed by atoms with Crippen LogP contribution in [0, 0.1) is 11.8 Å². The summed E-state index contributed by atoms with van der Waals surface area (Å²) in [6, 6.07) is 0. The zero-order chi connectivity index (χ0) is 23.2. The number of likely N-dealkylation sites (tertiary alicyclic amines) is 1. The minimum Gasteiger partial charge on any atom is -0.473 e. The number of carboxylic acid groups (broad SMARTS) is 2. The number of carboxylic acids is 2. The molecule has 10 nitrogen and oxygen atoms in total. The van der Waals surface area contributed by atoms with Gasteiger partial charge in [0.1, 0.15) is 5.60 Å². The fourth-order valence-corrected chi connectivity index (χ4v) is 2.31. The van der Waals surface area contributed by atoms with Gasteiger partial charge in [-0.15, -0.1) is 0 Å². The number of rotatable bonds is 6. The normalized spacial score (nSPS) is 13.2. The molecule has 30 heavy (non-hydrogen) atoms. The van der Waals surface area contributed by atoms with Crippen LogP contribution < -0.4 is 5.32 Å². The first kappa shape index (κ1) is 27.2. The fourth-order valence-electron chi connectivity index (χ4n) is 2.31. The maximum absolute atomic E-state index is 12.0. The van der Waals surface area contributed by atoms with E-state index in [0.29, 0.717) is 25.9 Å². The highest BCUT2D eigenvalue weighted by molar-refractivity contribution is 6.27. The Bertz CT molecular complexity index is 629. The molecule has 1 saturated heterocycles. The van der Waals surface area contributed by atoms with Gasteiger partial charge in [0.15, 0.2) is 0 Å². The maximum atomic E-state index is 12.0. The number of aliphatic carboxylic acids is 2. The summed E-state index contributed by atoms with van der Waals surface area (Å²) in [7, 11) is 1.76. The van der Waals surface area contributed by atoms with E-state index in [1.807, 2.05) is 20.8 Å². The third kappa shape index (κ3) is 15.2. The van der Waals surface area contributed by atoms with Crippen molar-refractivity contribution in [2.45, 2.75) is 52.1 Å². The lowest BCUT2D eigenvalue weighted by Crippen LogP contribution is -2.33. The molecule has 0 aromatic heterocycles. The summed E-state index contributed by atoms with van der Waals surface area (Å²) < 4.78 is 5.13. The Labute approximate surface area is 177 Å². The molecule has 3 N–H and O–H groups in total. The first-order chi connectivity index (χ1) is 13.9. The second-order valence-electron chi connectivity index (χ2n) is 7.73. The van der Waals surface area contributed by atoms with Crippen molar-refractivity contribution in [3.8, 4) is 11.8 Å². The molecule has 0 unspecified atom stereocenters. The van der Waals surface area contributed by atoms with Crippen LogP contribution in [0.2, 0.25) is 0 Å². The zero-order valence-corrected chi connectivity index (χ0v) is 18.2. The van der Waals surface area contributed by atoms with Gasteiger partial charge in [0.05, 0.1) is 13.1 Å². The Morgan fingerprint density at radius 2 is 1.63 bits per heavy atom. The average Bonchev–Trinajstić information content (AvgIpc) is 3.14. The summed E-state index contributed by atoms with van der Waals surface area (Å²) in [5.74, 6) is 2.57. The molecule has 1 heterocycles. The number of hydrogen-bond acceptors (Lipinski definition) is 6. The summed E-state index contributed by atoms with van der Waals surface area (Å²) in [5, 5.41) is 17.4. The van der Waals surface area contributed by atoms with Gasteiger partial charge < -0.3 is 25.2 Å². The van der Waals surface area contributed by atoms with Crippen LogP contribution >= 0.6 is 0 Å². The molecule has 0 aromatic carbocycles. The first-order valence-corrected chi connectivity index (χ1v) is 9.77. The molecule has 1 fully saturated rings. The van der Waals surface area contributed by atoms with Crippen molar-refractivity contribution in [2.75, 3.05) is 39.8 Å². The van der Waals surface area contributed by atoms with Crippen LogP contribution in [0.25, 0.3) is 0 Å². The van der Waals surface area contributed by atoms with Crippen molar-refractivity contribution in [3.05, 3.63) is 0 Å². The van der Waals surface area contributed by atoms with Crippen LogP contribution in [0.5, 0.6) is 0 Å². The molecular weight excluding hydrogens is 394 g/mol. The minimum atomic E-state index is -1.82. The second-order valence-corrected chi connectivity index (χ2v) is 7.73. The standard InChI is InChI=1S/C18H31N3O3.C2H2O4/c1-18(2,3)24-17(23)19-11-9-10-16(22)20(4)12-5-6-13-21-14-7-8-15-21;3-1(4)2(5)6/h7-15H2,1-4H3,(H,19,23);(H,3,4)(H,5,6). The van der Waals surface area contributed by atoms with Crippen molar-refractivity contribution in [3.63, 3.8) is 0 Å². The van der Waals surface area contributed by atoms with Gasteiger partial charge in [0.25, 0.3) is 0 Å². The Kier molecular flexibility index (Phi) is 12.9. The Balaban J connectivity index is 0.00000122. The van der Waals surface area contributed by atoms with Gasteiger partial charge in [-0.1, -0.05) is 11.8 Å². The van der Waals surface area contributed by atoms with Gasteiger partial charge in [-0.05, 0) is 53.1 Å². The van der Waals surface area contributed by atoms with Crippen molar-refractivity contribution < 1.29 is 34.1 Å². The highest BCUT2D eigenvalue weighted by Gasteiger charge is 2.15. The van der Waals surface area contributed by atoms with Crippen LogP contribution in [-0.2, 0) is 19.1 Å². The molecule has 1 aliphatic rings. The van der Waals surface area contributed by atoms with E-state index in [4.69, 9.17) is 24.5 Å². The number of alkyl carbamates (subject to hydrolysis) is 1. The van der Waals surface area contributed by atoms with Gasteiger partial charge in [-0.3, -0.25) is 9.69 Å². The van der Waals surface area contributed by atoms with E-state index in [0.717, 1.165) is 19.6 Å². The molecule has 0 atom stereocenters. The zero-order valence-electron chi connectivity index (χ0n) is 18.2. The molecule has 1 rings (SSSR count). The monoisotopic (exact) mass is 427 g/mol. The third-order valence-corrected chi connectivity index (χ3v) is 3.79. The lowest BCUT2D eigenvalue weighted by Gasteiger charge is -2.19. The van der Waals surface area contributed by atoms with E-state index in [9.17, 15) is 9.59 Å². The largest absolute Gasteiger partial charge is 0.473 e. The molecule has 0 saturated carbocycles. The molecule has 1 aliphatic heterocycles. The number of carbonyl (C=O) groups excluding carboxylic acids is 2. The minimum absolute atomic E-state index is 0.0384. The molecule has 2 amide bonds. The van der Waals surface area contributed by atoms with Crippen molar-refractivity contribution in [1.82, 2.24) is 15.1 Å². The van der Waals surface area contributed by atoms with Crippen molar-refractivity contribution >= 4 is 23.9 Å². The average molecular weight is 427 g/mol. The molecule has 0 bridgehead atoms. The smallest absolute Gasteiger partial charge is 0.414 e. The van der Waals surface area contributed by atoms with Crippen LogP contribution in [0.1, 0.15) is 46.5 Å². The van der Waals surface area contributed by atoms with Gasteiger partial charge in [-0.25, -0.2) is 14.4 Å². The lowest BCUT2D eigenvalue weighted by molar-refractivity contribution is -0.159. The number of hydrogen-bond donors (Lipinski definition) is 3. The quantitative estimate of drug-likeness (QED) is 0.324. The Hall–Kier alpha value is -2.80. The fraction of sp³-hybridized carbons (Fsp3) is 0.700. The summed E-state index contributed by atoms with van der Waals surface area (Å²) in [6.45, 7) is 9.38. The second kappa shape index (κ2) is 14.2. The molecular formula is C20H33N3O7. The number of nitrogens with one attached hydrogen (secondary N) is 1. The molecule has 10 heteroatoms. The highest BCUT2D eigenvalue weighted by Crippen LogP contribution is 2.06. The van der Waals surface area contributed by atoms with Crippen molar-refractivity contribution in [1.29, 1.82) is 0 Å². The highest BCUT2D eigenvalue weighted by atomic mass is 16.6. The summed E-state index contributed by atoms with van der Waals surface area (Å²) >= 11 is 0. The van der Waals surface area contributed by atoms with E-state index < -0.39 is 23.6 Å². The third-order valence-electron chi connectivity index (χ3n) is 3.79. The molecule has 0 aromatic rings. The maximum Gasteiger partial charge on any atom is 0.414 e. The molecule has 0 aliphatic carbocycles. The van der Waals surface area contributed by atoms with Gasteiger partial charge in [0.2, 0.25) is 5.91 Å². The van der Waals surface area contributed by atoms with E-state index >= 15 is 0 Å². The Morgan fingerprint density at radius 3 is 2.13 bits per heavy atom. The number of nitrogens with zero attached hydrogens (tertiary/aromatic N) is 2. The van der Waals surface area contributed by atoms with Gasteiger partial charge in [-0.2, -0.15) is 0 Å². The number of ether oxygens (including phenoxy) is 1. The molecule has 0 spiro atoms. The lowest BCUT2D eigenvalue weighted by atomic mass is 10.2. The van der Waals surface area contributed by atoms with Crippen molar-refractivity contribution in [2.24, 2.45) is 0 Å². The molecule has 170 valence electrons. The predicted octanol–water partition coefficient (Wildman–Crippen LogP) is 1.00. The summed E-state index contributed by atoms with van der Waals surface area (Å²) in [4.78, 5) is 45.6.